The van der Waals surface area contributed by atoms with Gasteiger partial charge in [-0.25, -0.2) is 0 Å². The Labute approximate surface area is 99.2 Å². The number of amides is 1. The number of rotatable bonds is 2. The molecule has 1 aromatic heterocycles. The molecule has 17 heavy (non-hydrogen) atoms. The van der Waals surface area contributed by atoms with Crippen molar-refractivity contribution in [1.29, 1.82) is 0 Å². The van der Waals surface area contributed by atoms with Crippen molar-refractivity contribution >= 4 is 16.8 Å². The van der Waals surface area contributed by atoms with Crippen molar-refractivity contribution in [3.8, 4) is 0 Å². The quantitative estimate of drug-likeness (QED) is 0.717. The molecule has 2 aromatic rings. The number of carbonyl (C=O) groups excluding carboxylic acids is 1. The summed E-state index contributed by atoms with van der Waals surface area (Å²) in [5, 5.41) is 3.99. The number of aromatic amines is 1. The number of hydrogen-bond donors (Lipinski definition) is 3. The molecule has 1 aliphatic rings. The Morgan fingerprint density at radius 2 is 2.24 bits per heavy atom. The number of nitrogens with one attached hydrogen (secondary N) is 2. The molecule has 4 nitrogen and oxygen atoms in total. The molecule has 0 unspecified atom stereocenters. The van der Waals surface area contributed by atoms with E-state index in [-0.39, 0.29) is 5.91 Å². The molecule has 1 aromatic carbocycles. The van der Waals surface area contributed by atoms with E-state index in [2.05, 4.69) is 16.4 Å². The fraction of sp³-hybridized carbons (Fsp3) is 0.308. The zero-order chi connectivity index (χ0) is 11.8. The summed E-state index contributed by atoms with van der Waals surface area (Å²) in [6.07, 6.45) is 3.73. The maximum Gasteiger partial charge on any atom is 0.251 e. The lowest BCUT2D eigenvalue weighted by molar-refractivity contribution is 0.0946. The Bertz CT molecular complexity index is 586. The van der Waals surface area contributed by atoms with Crippen LogP contribution in [-0.4, -0.2) is 24.0 Å². The van der Waals surface area contributed by atoms with Gasteiger partial charge in [-0.2, -0.15) is 0 Å². The van der Waals surface area contributed by atoms with Crippen LogP contribution in [0.3, 0.4) is 0 Å². The van der Waals surface area contributed by atoms with Crippen LogP contribution in [-0.2, 0) is 12.8 Å². The van der Waals surface area contributed by atoms with E-state index in [4.69, 9.17) is 5.73 Å². The van der Waals surface area contributed by atoms with Crippen LogP contribution in [0, 0.1) is 0 Å². The molecule has 0 saturated carbocycles. The van der Waals surface area contributed by atoms with Crippen molar-refractivity contribution in [3.63, 3.8) is 0 Å². The highest BCUT2D eigenvalue weighted by Crippen LogP contribution is 2.25. The number of H-pyrrole nitrogens is 1. The minimum absolute atomic E-state index is 0.0352. The first kappa shape index (κ1) is 10.4. The van der Waals surface area contributed by atoms with E-state index in [9.17, 15) is 4.79 Å². The highest BCUT2D eigenvalue weighted by atomic mass is 16.1. The van der Waals surface area contributed by atoms with E-state index in [1.54, 1.807) is 0 Å². The normalized spacial score (nSPS) is 14.8. The Balaban J connectivity index is 2.19. The van der Waals surface area contributed by atoms with Crippen LogP contribution in [0.5, 0.6) is 0 Å². The summed E-state index contributed by atoms with van der Waals surface area (Å²) in [6.45, 7) is 1.35. The van der Waals surface area contributed by atoms with E-state index in [1.165, 1.54) is 5.56 Å². The fourth-order valence-corrected chi connectivity index (χ4v) is 2.46. The smallest absolute Gasteiger partial charge is 0.251 e. The van der Waals surface area contributed by atoms with Crippen LogP contribution >= 0.6 is 0 Å². The lowest BCUT2D eigenvalue weighted by atomic mass is 9.97. The second kappa shape index (κ2) is 3.89. The van der Waals surface area contributed by atoms with Crippen LogP contribution in [0.4, 0.5) is 0 Å². The van der Waals surface area contributed by atoms with E-state index in [0.717, 1.165) is 41.4 Å². The molecule has 2 heterocycles. The molecule has 4 N–H and O–H groups in total. The third-order valence-corrected chi connectivity index (χ3v) is 3.33. The Morgan fingerprint density at radius 3 is 3.06 bits per heavy atom. The van der Waals surface area contributed by atoms with Crippen molar-refractivity contribution in [1.82, 2.24) is 10.3 Å². The topological polar surface area (TPSA) is 70.9 Å². The number of nitrogens with two attached hydrogens (primary N) is 1. The lowest BCUT2D eigenvalue weighted by Crippen LogP contribution is -2.31. The molecule has 0 spiro atoms. The van der Waals surface area contributed by atoms with Gasteiger partial charge in [-0.15, -0.1) is 0 Å². The summed E-state index contributed by atoms with van der Waals surface area (Å²) in [5.41, 5.74) is 9.80. The Kier molecular flexibility index (Phi) is 2.37. The lowest BCUT2D eigenvalue weighted by Gasteiger charge is -2.16. The van der Waals surface area contributed by atoms with Crippen molar-refractivity contribution in [2.24, 2.45) is 5.73 Å². The molecule has 0 saturated heterocycles. The molecular weight excluding hydrogens is 214 g/mol. The summed E-state index contributed by atoms with van der Waals surface area (Å²) in [7, 11) is 0. The van der Waals surface area contributed by atoms with Gasteiger partial charge in [0.15, 0.2) is 0 Å². The summed E-state index contributed by atoms with van der Waals surface area (Å²) in [6, 6.07) is 4.07. The van der Waals surface area contributed by atoms with E-state index in [0.29, 0.717) is 6.54 Å². The van der Waals surface area contributed by atoms with Gasteiger partial charge in [-0.1, -0.05) is 0 Å². The van der Waals surface area contributed by atoms with Gasteiger partial charge in [-0.05, 0) is 42.6 Å². The molecule has 0 radical (unpaired) electrons. The molecular formula is C13H15N3O. The van der Waals surface area contributed by atoms with Gasteiger partial charge in [-0.3, -0.25) is 4.79 Å². The van der Waals surface area contributed by atoms with Gasteiger partial charge in [0.1, 0.15) is 0 Å². The second-order valence-corrected chi connectivity index (χ2v) is 4.41. The monoisotopic (exact) mass is 229 g/mol. The molecule has 0 atom stereocenters. The third-order valence-electron chi connectivity index (χ3n) is 3.33. The van der Waals surface area contributed by atoms with Crippen molar-refractivity contribution in [3.05, 3.63) is 35.0 Å². The first-order valence-electron chi connectivity index (χ1n) is 5.91. The molecule has 0 bridgehead atoms. The number of benzene rings is 1. The zero-order valence-corrected chi connectivity index (χ0v) is 9.55. The minimum atomic E-state index is 0.0352. The first-order valence-corrected chi connectivity index (χ1v) is 5.91. The summed E-state index contributed by atoms with van der Waals surface area (Å²) >= 11 is 0. The Hall–Kier alpha value is -1.81. The minimum Gasteiger partial charge on any atom is -0.361 e. The molecule has 1 amide bonds. The average Bonchev–Trinajstić information content (AvgIpc) is 2.71. The summed E-state index contributed by atoms with van der Waals surface area (Å²) in [4.78, 5) is 15.0. The molecule has 1 aliphatic heterocycles. The van der Waals surface area contributed by atoms with Gasteiger partial charge in [0.25, 0.3) is 5.91 Å². The number of fused-ring (bicyclic) bond motifs is 2. The molecule has 88 valence electrons. The van der Waals surface area contributed by atoms with Gasteiger partial charge >= 0.3 is 0 Å². The van der Waals surface area contributed by atoms with Crippen LogP contribution < -0.4 is 11.1 Å². The van der Waals surface area contributed by atoms with Crippen molar-refractivity contribution < 1.29 is 4.79 Å². The highest BCUT2D eigenvalue weighted by molar-refractivity contribution is 6.01. The first-order chi connectivity index (χ1) is 8.29. The van der Waals surface area contributed by atoms with Crippen LogP contribution in [0.2, 0.25) is 0 Å². The van der Waals surface area contributed by atoms with E-state index >= 15 is 0 Å². The molecule has 3 rings (SSSR count). The number of aromatic nitrogens is 1. The number of carbonyl (C=O) groups is 1. The second-order valence-electron chi connectivity index (χ2n) is 4.41. The third kappa shape index (κ3) is 1.61. The predicted octanol–water partition coefficient (Wildman–Crippen LogP) is 0.955. The van der Waals surface area contributed by atoms with Crippen molar-refractivity contribution in [2.45, 2.75) is 12.8 Å². The molecule has 0 fully saturated rings. The SMILES string of the molecule is NCCc1c[nH]c2cc3c(cc12)C(=O)NCC3. The fourth-order valence-electron chi connectivity index (χ4n) is 2.46. The molecule has 4 heteroatoms. The largest absolute Gasteiger partial charge is 0.361 e. The van der Waals surface area contributed by atoms with Crippen LogP contribution in [0.25, 0.3) is 10.9 Å². The predicted molar refractivity (Wildman–Crippen MR) is 67.1 cm³/mol. The summed E-state index contributed by atoms with van der Waals surface area (Å²) in [5.74, 6) is 0.0352. The van der Waals surface area contributed by atoms with Gasteiger partial charge in [0.2, 0.25) is 0 Å². The van der Waals surface area contributed by atoms with Crippen molar-refractivity contribution in [2.75, 3.05) is 13.1 Å². The van der Waals surface area contributed by atoms with Gasteiger partial charge in [0, 0.05) is 29.2 Å². The standard InChI is InChI=1S/C13H15N3O/c14-3-1-9-7-16-12-5-8-2-4-15-13(17)11(8)6-10(9)12/h5-7,16H,1-4,14H2,(H,15,17). The summed E-state index contributed by atoms with van der Waals surface area (Å²) < 4.78 is 0. The highest BCUT2D eigenvalue weighted by Gasteiger charge is 2.18. The Morgan fingerprint density at radius 1 is 1.35 bits per heavy atom. The maximum absolute atomic E-state index is 11.8. The van der Waals surface area contributed by atoms with Gasteiger partial charge < -0.3 is 16.0 Å². The van der Waals surface area contributed by atoms with Crippen LogP contribution in [0.1, 0.15) is 21.5 Å². The van der Waals surface area contributed by atoms with E-state index < -0.39 is 0 Å². The number of hydrogen-bond acceptors (Lipinski definition) is 2. The van der Waals surface area contributed by atoms with E-state index in [1.807, 2.05) is 12.3 Å². The average molecular weight is 229 g/mol. The maximum atomic E-state index is 11.8. The van der Waals surface area contributed by atoms with Crippen LogP contribution in [0.15, 0.2) is 18.3 Å². The van der Waals surface area contributed by atoms with Gasteiger partial charge in [0.05, 0.1) is 0 Å². The molecule has 0 aliphatic carbocycles. The zero-order valence-electron chi connectivity index (χ0n) is 9.55.